The summed E-state index contributed by atoms with van der Waals surface area (Å²) in [6.07, 6.45) is 1.75. The summed E-state index contributed by atoms with van der Waals surface area (Å²) in [4.78, 5) is 25.4. The van der Waals surface area contributed by atoms with Gasteiger partial charge in [0, 0.05) is 31.3 Å². The SMILES string of the molecule is Cn1nccc1-c1c(Br)cc(C(=O)NC(CNC(=O)OC(C)(C)C)Cc2ccccc2)n1C. The third kappa shape index (κ3) is 6.47. The number of amides is 2. The molecule has 9 heteroatoms. The zero-order valence-electron chi connectivity index (χ0n) is 19.6. The van der Waals surface area contributed by atoms with Crippen molar-refractivity contribution in [1.82, 2.24) is 25.0 Å². The van der Waals surface area contributed by atoms with Gasteiger partial charge in [0.1, 0.15) is 11.3 Å². The average molecular weight is 516 g/mol. The minimum atomic E-state index is -0.597. The van der Waals surface area contributed by atoms with E-state index < -0.39 is 11.7 Å². The number of alkyl carbamates (subject to hydrolysis) is 1. The van der Waals surface area contributed by atoms with Gasteiger partial charge in [-0.1, -0.05) is 30.3 Å². The molecule has 1 atom stereocenters. The molecule has 0 saturated heterocycles. The van der Waals surface area contributed by atoms with Gasteiger partial charge in [0.15, 0.2) is 0 Å². The van der Waals surface area contributed by atoms with Gasteiger partial charge in [0.05, 0.1) is 17.4 Å². The highest BCUT2D eigenvalue weighted by molar-refractivity contribution is 9.10. The Morgan fingerprint density at radius 2 is 1.85 bits per heavy atom. The number of carbonyl (C=O) groups is 2. The van der Waals surface area contributed by atoms with Crippen molar-refractivity contribution < 1.29 is 14.3 Å². The summed E-state index contributed by atoms with van der Waals surface area (Å²) < 4.78 is 9.72. The van der Waals surface area contributed by atoms with Crippen molar-refractivity contribution in [2.45, 2.75) is 38.8 Å². The molecule has 2 aromatic heterocycles. The summed E-state index contributed by atoms with van der Waals surface area (Å²) in [6, 6.07) is 13.2. The number of carbonyl (C=O) groups excluding carboxylic acids is 2. The fourth-order valence-corrected chi connectivity index (χ4v) is 4.22. The maximum absolute atomic E-state index is 13.2. The third-order valence-corrected chi connectivity index (χ3v) is 5.64. The third-order valence-electron chi connectivity index (χ3n) is 5.03. The lowest BCUT2D eigenvalue weighted by molar-refractivity contribution is 0.0519. The largest absolute Gasteiger partial charge is 0.444 e. The summed E-state index contributed by atoms with van der Waals surface area (Å²) in [5.74, 6) is -0.237. The summed E-state index contributed by atoms with van der Waals surface area (Å²) in [5.41, 5.74) is 2.69. The Labute approximate surface area is 202 Å². The van der Waals surface area contributed by atoms with Crippen molar-refractivity contribution in [3.63, 3.8) is 0 Å². The van der Waals surface area contributed by atoms with E-state index in [9.17, 15) is 9.59 Å². The summed E-state index contributed by atoms with van der Waals surface area (Å²) >= 11 is 3.57. The Kier molecular flexibility index (Phi) is 7.63. The first-order chi connectivity index (χ1) is 15.5. The molecule has 1 aromatic carbocycles. The van der Waals surface area contributed by atoms with Crippen LogP contribution in [-0.2, 0) is 25.3 Å². The Hall–Kier alpha value is -3.07. The lowest BCUT2D eigenvalue weighted by atomic mass is 10.1. The normalized spacial score (nSPS) is 12.3. The van der Waals surface area contributed by atoms with Crippen molar-refractivity contribution >= 4 is 27.9 Å². The molecule has 0 saturated carbocycles. The van der Waals surface area contributed by atoms with Gasteiger partial charge in [0.25, 0.3) is 5.91 Å². The van der Waals surface area contributed by atoms with Gasteiger partial charge in [-0.15, -0.1) is 0 Å². The maximum Gasteiger partial charge on any atom is 0.407 e. The Morgan fingerprint density at radius 3 is 2.45 bits per heavy atom. The van der Waals surface area contributed by atoms with Crippen LogP contribution >= 0.6 is 15.9 Å². The van der Waals surface area contributed by atoms with E-state index in [2.05, 4.69) is 31.7 Å². The molecule has 33 heavy (non-hydrogen) atoms. The predicted octanol–water partition coefficient (Wildman–Crippen LogP) is 4.05. The van der Waals surface area contributed by atoms with Gasteiger partial charge in [-0.05, 0) is 60.8 Å². The molecule has 8 nitrogen and oxygen atoms in total. The zero-order valence-corrected chi connectivity index (χ0v) is 21.1. The summed E-state index contributed by atoms with van der Waals surface area (Å²) in [7, 11) is 3.69. The molecule has 2 heterocycles. The van der Waals surface area contributed by atoms with Crippen LogP contribution in [0.3, 0.4) is 0 Å². The molecule has 2 N–H and O–H groups in total. The number of halogens is 1. The van der Waals surface area contributed by atoms with Crippen LogP contribution < -0.4 is 10.6 Å². The second-order valence-corrected chi connectivity index (χ2v) is 9.72. The second kappa shape index (κ2) is 10.2. The molecule has 0 spiro atoms. The summed E-state index contributed by atoms with van der Waals surface area (Å²) in [5, 5.41) is 10.1. The molecule has 3 aromatic rings. The monoisotopic (exact) mass is 515 g/mol. The second-order valence-electron chi connectivity index (χ2n) is 8.87. The molecule has 3 rings (SSSR count). The van der Waals surface area contributed by atoms with Crippen molar-refractivity contribution in [1.29, 1.82) is 0 Å². The highest BCUT2D eigenvalue weighted by Crippen LogP contribution is 2.30. The van der Waals surface area contributed by atoms with Crippen LogP contribution in [0, 0.1) is 0 Å². The number of nitrogens with zero attached hydrogens (tertiary/aromatic N) is 3. The van der Waals surface area contributed by atoms with Crippen LogP contribution in [0.4, 0.5) is 4.79 Å². The number of nitrogens with one attached hydrogen (secondary N) is 2. The molecule has 0 aliphatic carbocycles. The van der Waals surface area contributed by atoms with Gasteiger partial charge in [-0.25, -0.2) is 4.79 Å². The highest BCUT2D eigenvalue weighted by Gasteiger charge is 2.23. The fraction of sp³-hybridized carbons (Fsp3) is 0.375. The number of rotatable bonds is 7. The van der Waals surface area contributed by atoms with Crippen molar-refractivity contribution in [2.75, 3.05) is 6.54 Å². The first-order valence-electron chi connectivity index (χ1n) is 10.7. The van der Waals surface area contributed by atoms with E-state index in [4.69, 9.17) is 4.74 Å². The molecule has 0 aliphatic heterocycles. The van der Waals surface area contributed by atoms with Crippen molar-refractivity contribution in [3.05, 3.63) is 64.4 Å². The summed E-state index contributed by atoms with van der Waals surface area (Å²) in [6.45, 7) is 5.66. The minimum Gasteiger partial charge on any atom is -0.444 e. The van der Waals surface area contributed by atoms with Crippen LogP contribution in [0.2, 0.25) is 0 Å². The quantitative estimate of drug-likeness (QED) is 0.496. The lowest BCUT2D eigenvalue weighted by Gasteiger charge is -2.23. The molecule has 176 valence electrons. The Balaban J connectivity index is 1.78. The van der Waals surface area contributed by atoms with Crippen LogP contribution in [0.25, 0.3) is 11.4 Å². The smallest absolute Gasteiger partial charge is 0.407 e. The van der Waals surface area contributed by atoms with Crippen molar-refractivity contribution in [3.8, 4) is 11.4 Å². The zero-order chi connectivity index (χ0) is 24.2. The number of aromatic nitrogens is 3. The Bertz CT molecular complexity index is 1120. The molecular formula is C24H30BrN5O3. The maximum atomic E-state index is 13.2. The van der Waals surface area contributed by atoms with E-state index in [1.165, 1.54) is 0 Å². The van der Waals surface area contributed by atoms with Crippen LogP contribution in [0.15, 0.2) is 53.1 Å². The lowest BCUT2D eigenvalue weighted by Crippen LogP contribution is -2.46. The molecule has 0 radical (unpaired) electrons. The van der Waals surface area contributed by atoms with Gasteiger partial charge in [0.2, 0.25) is 0 Å². The predicted molar refractivity (Wildman–Crippen MR) is 131 cm³/mol. The van der Waals surface area contributed by atoms with Crippen molar-refractivity contribution in [2.24, 2.45) is 14.1 Å². The molecule has 0 fully saturated rings. The number of aryl methyl sites for hydroxylation is 1. The van der Waals surface area contributed by atoms with Crippen LogP contribution in [0.5, 0.6) is 0 Å². The number of ether oxygens (including phenoxy) is 1. The van der Waals surface area contributed by atoms with Crippen LogP contribution in [0.1, 0.15) is 36.8 Å². The molecular weight excluding hydrogens is 486 g/mol. The number of benzene rings is 1. The standard InChI is InChI=1S/C24H30BrN5O3/c1-24(2,3)33-23(32)26-15-17(13-16-9-7-6-8-10-16)28-22(31)20-14-18(25)21(29(20)4)19-11-12-27-30(19)5/h6-12,14,17H,13,15H2,1-5H3,(H,26,32)(H,28,31). The van der Waals surface area contributed by atoms with E-state index in [1.54, 1.807) is 16.9 Å². The van der Waals surface area contributed by atoms with Gasteiger partial charge in [-0.3, -0.25) is 9.48 Å². The number of hydrogen-bond acceptors (Lipinski definition) is 4. The molecule has 1 unspecified atom stereocenters. The van der Waals surface area contributed by atoms with E-state index in [0.717, 1.165) is 21.4 Å². The first kappa shape index (κ1) is 24.6. The Morgan fingerprint density at radius 1 is 1.15 bits per heavy atom. The first-order valence-corrected chi connectivity index (χ1v) is 11.5. The van der Waals surface area contributed by atoms with E-state index in [0.29, 0.717) is 12.1 Å². The van der Waals surface area contributed by atoms with Gasteiger partial charge >= 0.3 is 6.09 Å². The molecule has 0 aliphatic rings. The van der Waals surface area contributed by atoms with Crippen LogP contribution in [-0.4, -0.2) is 44.5 Å². The van der Waals surface area contributed by atoms with Gasteiger partial charge < -0.3 is 19.9 Å². The number of hydrogen-bond donors (Lipinski definition) is 2. The van der Waals surface area contributed by atoms with E-state index >= 15 is 0 Å². The van der Waals surface area contributed by atoms with Gasteiger partial charge in [-0.2, -0.15) is 5.10 Å². The van der Waals surface area contributed by atoms with E-state index in [1.807, 2.05) is 75.8 Å². The molecule has 2 amide bonds. The molecule has 0 bridgehead atoms. The average Bonchev–Trinajstić information content (AvgIpc) is 3.27. The fourth-order valence-electron chi connectivity index (χ4n) is 3.54. The van der Waals surface area contributed by atoms with E-state index in [-0.39, 0.29) is 18.5 Å². The topological polar surface area (TPSA) is 90.2 Å². The highest BCUT2D eigenvalue weighted by atomic mass is 79.9. The minimum absolute atomic E-state index is 0.232.